The molecule has 0 aliphatic carbocycles. The lowest BCUT2D eigenvalue weighted by atomic mass is 10.1. The second-order valence-electron chi connectivity index (χ2n) is 8.96. The van der Waals surface area contributed by atoms with Crippen LogP contribution in [-0.2, 0) is 20.0 Å². The molecule has 5 aromatic rings. The molecular formula is C28H23N5O5S2. The number of hydrogen-bond acceptors (Lipinski definition) is 7. The van der Waals surface area contributed by atoms with Gasteiger partial charge in [0.2, 0.25) is 5.88 Å². The van der Waals surface area contributed by atoms with Crippen molar-refractivity contribution < 1.29 is 21.4 Å². The van der Waals surface area contributed by atoms with Crippen molar-refractivity contribution in [3.05, 3.63) is 108 Å². The lowest BCUT2D eigenvalue weighted by Gasteiger charge is -2.13. The molecule has 0 unspecified atom stereocenters. The molecule has 0 fully saturated rings. The van der Waals surface area contributed by atoms with Crippen LogP contribution in [-0.4, -0.2) is 26.6 Å². The summed E-state index contributed by atoms with van der Waals surface area (Å²) in [5.74, 6) is -0.00116. The van der Waals surface area contributed by atoms with Crippen LogP contribution in [0.3, 0.4) is 0 Å². The molecule has 10 nitrogen and oxygen atoms in total. The van der Waals surface area contributed by atoms with Crippen LogP contribution in [0.2, 0.25) is 0 Å². The number of anilines is 2. The number of benzene rings is 3. The first-order chi connectivity index (χ1) is 19.1. The van der Waals surface area contributed by atoms with Crippen LogP contribution in [0.25, 0.3) is 16.8 Å². The fourth-order valence-corrected chi connectivity index (χ4v) is 6.09. The number of hydrogen-bond donors (Lipinski definition) is 2. The van der Waals surface area contributed by atoms with E-state index in [0.29, 0.717) is 22.5 Å². The lowest BCUT2D eigenvalue weighted by molar-refractivity contribution is 0.430. The Morgan fingerprint density at radius 3 is 2.00 bits per heavy atom. The highest BCUT2D eigenvalue weighted by Crippen LogP contribution is 2.35. The molecular weight excluding hydrogens is 550 g/mol. The molecule has 0 spiro atoms. The van der Waals surface area contributed by atoms with Gasteiger partial charge in [-0.15, -0.1) is 0 Å². The second kappa shape index (κ2) is 10.4. The highest BCUT2D eigenvalue weighted by Gasteiger charge is 2.24. The van der Waals surface area contributed by atoms with Crippen molar-refractivity contribution in [3.63, 3.8) is 0 Å². The van der Waals surface area contributed by atoms with E-state index in [0.717, 1.165) is 5.56 Å². The SMILES string of the molecule is Cc1ccc(S(=O)(=O)Nc2c(C#N)c(-c3ccccc3)cn2-c2ccc(S(=O)(=O)Nc3cc(C)no3)cc2)cc1. The molecule has 0 aliphatic rings. The molecule has 40 heavy (non-hydrogen) atoms. The van der Waals surface area contributed by atoms with E-state index in [1.54, 1.807) is 25.3 Å². The smallest absolute Gasteiger partial charge is 0.264 e. The minimum Gasteiger partial charge on any atom is -0.338 e. The first-order valence-electron chi connectivity index (χ1n) is 11.9. The number of rotatable bonds is 8. The van der Waals surface area contributed by atoms with Gasteiger partial charge in [-0.1, -0.05) is 53.2 Å². The van der Waals surface area contributed by atoms with Crippen LogP contribution >= 0.6 is 0 Å². The quantitative estimate of drug-likeness (QED) is 0.259. The summed E-state index contributed by atoms with van der Waals surface area (Å²) in [7, 11) is -8.06. The summed E-state index contributed by atoms with van der Waals surface area (Å²) in [6.07, 6.45) is 1.64. The molecule has 2 heterocycles. The Hall–Kier alpha value is -4.86. The zero-order chi connectivity index (χ0) is 28.5. The number of aryl methyl sites for hydroxylation is 2. The Balaban J connectivity index is 1.59. The van der Waals surface area contributed by atoms with Crippen molar-refractivity contribution in [1.82, 2.24) is 9.72 Å². The van der Waals surface area contributed by atoms with Gasteiger partial charge in [0, 0.05) is 23.5 Å². The van der Waals surface area contributed by atoms with Gasteiger partial charge >= 0.3 is 0 Å². The van der Waals surface area contributed by atoms with Crippen LogP contribution in [0.5, 0.6) is 0 Å². The standard InChI is InChI=1S/C28H23N5O5S2/c1-19-8-12-23(13-9-19)40(36,37)32-28-25(17-29)26(21-6-4-3-5-7-21)18-33(28)22-10-14-24(15-11-22)39(34,35)31-27-16-20(2)30-38-27/h3-16,18,31-32H,1-2H3. The van der Waals surface area contributed by atoms with E-state index in [4.69, 9.17) is 4.52 Å². The Kier molecular flexibility index (Phi) is 6.93. The molecule has 0 saturated heterocycles. The van der Waals surface area contributed by atoms with E-state index < -0.39 is 20.0 Å². The van der Waals surface area contributed by atoms with E-state index in [9.17, 15) is 22.1 Å². The Morgan fingerprint density at radius 1 is 0.825 bits per heavy atom. The average Bonchev–Trinajstić information content (AvgIpc) is 3.51. The number of sulfonamides is 2. The summed E-state index contributed by atoms with van der Waals surface area (Å²) < 4.78 is 63.7. The number of aromatic nitrogens is 2. The third-order valence-corrected chi connectivity index (χ3v) is 8.77. The van der Waals surface area contributed by atoms with Gasteiger partial charge < -0.3 is 9.09 Å². The highest BCUT2D eigenvalue weighted by molar-refractivity contribution is 7.93. The summed E-state index contributed by atoms with van der Waals surface area (Å²) in [4.78, 5) is -0.0193. The summed E-state index contributed by atoms with van der Waals surface area (Å²) in [6.45, 7) is 3.51. The van der Waals surface area contributed by atoms with E-state index in [1.165, 1.54) is 47.0 Å². The number of nitrogens with zero attached hydrogens (tertiary/aromatic N) is 3. The summed E-state index contributed by atoms with van der Waals surface area (Å²) >= 11 is 0. The third kappa shape index (κ3) is 5.33. The van der Waals surface area contributed by atoms with Crippen molar-refractivity contribution in [1.29, 1.82) is 5.26 Å². The maximum absolute atomic E-state index is 13.3. The predicted octanol–water partition coefficient (Wildman–Crippen LogP) is 5.22. The zero-order valence-electron chi connectivity index (χ0n) is 21.4. The van der Waals surface area contributed by atoms with Gasteiger partial charge in [0.1, 0.15) is 17.5 Å². The Morgan fingerprint density at radius 2 is 1.43 bits per heavy atom. The summed E-state index contributed by atoms with van der Waals surface area (Å²) in [6, 6.07) is 24.8. The number of nitrogens with one attached hydrogen (secondary N) is 2. The normalized spacial score (nSPS) is 11.6. The maximum Gasteiger partial charge on any atom is 0.264 e. The largest absolute Gasteiger partial charge is 0.338 e. The van der Waals surface area contributed by atoms with Crippen LogP contribution < -0.4 is 9.44 Å². The van der Waals surface area contributed by atoms with E-state index in [1.807, 2.05) is 37.3 Å². The average molecular weight is 574 g/mol. The van der Waals surface area contributed by atoms with Gasteiger partial charge in [0.15, 0.2) is 0 Å². The molecule has 0 aliphatic heterocycles. The number of nitriles is 1. The predicted molar refractivity (Wildman–Crippen MR) is 150 cm³/mol. The molecule has 2 aromatic heterocycles. The zero-order valence-corrected chi connectivity index (χ0v) is 23.0. The Labute approximate surface area is 231 Å². The van der Waals surface area contributed by atoms with Crippen molar-refractivity contribution >= 4 is 31.7 Å². The maximum atomic E-state index is 13.3. The summed E-state index contributed by atoms with van der Waals surface area (Å²) in [5.41, 5.74) is 3.16. The van der Waals surface area contributed by atoms with Crippen LogP contribution in [0.15, 0.2) is 105 Å². The van der Waals surface area contributed by atoms with E-state index in [-0.39, 0.29) is 27.1 Å². The van der Waals surface area contributed by atoms with Gasteiger partial charge in [-0.2, -0.15) is 5.26 Å². The van der Waals surface area contributed by atoms with Crippen LogP contribution in [0.1, 0.15) is 16.8 Å². The first kappa shape index (κ1) is 26.7. The lowest BCUT2D eigenvalue weighted by Crippen LogP contribution is -2.16. The van der Waals surface area contributed by atoms with Crippen LogP contribution in [0, 0.1) is 25.2 Å². The van der Waals surface area contributed by atoms with Gasteiger partial charge in [-0.3, -0.25) is 4.72 Å². The van der Waals surface area contributed by atoms with Gasteiger partial charge in [-0.05, 0) is 55.8 Å². The highest BCUT2D eigenvalue weighted by atomic mass is 32.2. The fraction of sp³-hybridized carbons (Fsp3) is 0.0714. The van der Waals surface area contributed by atoms with Crippen molar-refractivity contribution in [3.8, 4) is 22.9 Å². The fourth-order valence-electron chi connectivity index (χ4n) is 4.05. The minimum absolute atomic E-state index is 0.0211. The third-order valence-electron chi connectivity index (χ3n) is 6.05. The molecule has 0 bridgehead atoms. The molecule has 2 N–H and O–H groups in total. The molecule has 0 amide bonds. The molecule has 5 rings (SSSR count). The second-order valence-corrected chi connectivity index (χ2v) is 12.3. The first-order valence-corrected chi connectivity index (χ1v) is 14.9. The van der Waals surface area contributed by atoms with Gasteiger partial charge in [-0.25, -0.2) is 21.6 Å². The molecule has 3 aromatic carbocycles. The molecule has 0 saturated carbocycles. The topological polar surface area (TPSA) is 147 Å². The summed E-state index contributed by atoms with van der Waals surface area (Å²) in [5, 5.41) is 13.8. The monoisotopic (exact) mass is 573 g/mol. The van der Waals surface area contributed by atoms with E-state index in [2.05, 4.69) is 20.7 Å². The van der Waals surface area contributed by atoms with Gasteiger partial charge in [0.05, 0.1) is 15.5 Å². The molecule has 202 valence electrons. The molecule has 12 heteroatoms. The van der Waals surface area contributed by atoms with Crippen molar-refractivity contribution in [2.75, 3.05) is 9.44 Å². The van der Waals surface area contributed by atoms with E-state index >= 15 is 0 Å². The molecule has 0 atom stereocenters. The van der Waals surface area contributed by atoms with Crippen molar-refractivity contribution in [2.45, 2.75) is 23.6 Å². The van der Waals surface area contributed by atoms with Crippen LogP contribution in [0.4, 0.5) is 11.7 Å². The van der Waals surface area contributed by atoms with Gasteiger partial charge in [0.25, 0.3) is 20.0 Å². The minimum atomic E-state index is -4.07. The van der Waals surface area contributed by atoms with Crippen molar-refractivity contribution in [2.24, 2.45) is 0 Å². The molecule has 0 radical (unpaired) electrons. The Bertz CT molecular complexity index is 1940.